The van der Waals surface area contributed by atoms with Gasteiger partial charge in [0.1, 0.15) is 0 Å². The van der Waals surface area contributed by atoms with Gasteiger partial charge in [0.15, 0.2) is 0 Å². The van der Waals surface area contributed by atoms with Gasteiger partial charge in [-0.1, -0.05) is 187 Å². The zero-order valence-corrected chi connectivity index (χ0v) is 24.3. The molecule has 0 spiro atoms. The minimum Gasteiger partial charge on any atom is -0.381 e. The molecule has 0 unspecified atom stereocenters. The second-order valence-electron chi connectivity index (χ2n) is 11.2. The van der Waals surface area contributed by atoms with Crippen LogP contribution in [-0.2, 0) is 4.74 Å². The van der Waals surface area contributed by atoms with E-state index in [1.165, 1.54) is 186 Å². The van der Waals surface area contributed by atoms with Gasteiger partial charge >= 0.3 is 0 Å². The lowest BCUT2D eigenvalue weighted by Gasteiger charge is -2.05. The van der Waals surface area contributed by atoms with Crippen LogP contribution in [0.5, 0.6) is 0 Å². The van der Waals surface area contributed by atoms with Crippen LogP contribution < -0.4 is 0 Å². The van der Waals surface area contributed by atoms with Gasteiger partial charge in [0.2, 0.25) is 0 Å². The number of hydrogen-bond acceptors (Lipinski definition) is 1. The highest BCUT2D eigenvalue weighted by molar-refractivity contribution is 4.51. The molecule has 1 heteroatoms. The summed E-state index contributed by atoms with van der Waals surface area (Å²) in [5, 5.41) is 0. The van der Waals surface area contributed by atoms with Crippen molar-refractivity contribution in [1.29, 1.82) is 0 Å². The van der Waals surface area contributed by atoms with Gasteiger partial charge in [-0.15, -0.1) is 0 Å². The van der Waals surface area contributed by atoms with E-state index < -0.39 is 0 Å². The Labute approximate surface area is 218 Å². The normalized spacial score (nSPS) is 11.5. The molecular formula is C33H68O. The summed E-state index contributed by atoms with van der Waals surface area (Å²) in [6.07, 6.45) is 41.6. The maximum absolute atomic E-state index is 5.85. The maximum Gasteiger partial charge on any atom is 0.0466 e. The highest BCUT2D eigenvalue weighted by Crippen LogP contribution is 2.14. The van der Waals surface area contributed by atoms with Crippen LogP contribution in [-0.4, -0.2) is 13.2 Å². The van der Waals surface area contributed by atoms with Crippen molar-refractivity contribution in [2.45, 2.75) is 200 Å². The Kier molecular flexibility index (Phi) is 32.9. The first-order chi connectivity index (χ1) is 16.9. The zero-order chi connectivity index (χ0) is 24.6. The lowest BCUT2D eigenvalue weighted by molar-refractivity contribution is 0.125. The Hall–Kier alpha value is -0.0400. The Morgan fingerprint density at radius 3 is 0.618 bits per heavy atom. The van der Waals surface area contributed by atoms with Gasteiger partial charge < -0.3 is 4.74 Å². The molecule has 0 rings (SSSR count). The van der Waals surface area contributed by atoms with Crippen LogP contribution in [0.25, 0.3) is 0 Å². The molecule has 206 valence electrons. The van der Waals surface area contributed by atoms with E-state index in [0.717, 1.165) is 13.2 Å². The number of ether oxygens (including phenoxy) is 1. The number of hydrogen-bond donors (Lipinski definition) is 0. The van der Waals surface area contributed by atoms with Crippen LogP contribution in [0, 0.1) is 0 Å². The van der Waals surface area contributed by atoms with E-state index >= 15 is 0 Å². The zero-order valence-electron chi connectivity index (χ0n) is 24.3. The van der Waals surface area contributed by atoms with Crippen LogP contribution in [0.4, 0.5) is 0 Å². The molecule has 0 fully saturated rings. The van der Waals surface area contributed by atoms with E-state index in [2.05, 4.69) is 13.8 Å². The summed E-state index contributed by atoms with van der Waals surface area (Å²) in [5.74, 6) is 0. The van der Waals surface area contributed by atoms with Crippen LogP contribution >= 0.6 is 0 Å². The first-order valence-electron chi connectivity index (χ1n) is 16.5. The van der Waals surface area contributed by atoms with Crippen molar-refractivity contribution in [3.63, 3.8) is 0 Å². The first kappa shape index (κ1) is 34.0. The van der Waals surface area contributed by atoms with E-state index in [-0.39, 0.29) is 0 Å². The molecule has 34 heavy (non-hydrogen) atoms. The van der Waals surface area contributed by atoms with E-state index in [1.54, 1.807) is 0 Å². The average Bonchev–Trinajstić information content (AvgIpc) is 2.85. The molecule has 0 N–H and O–H groups in total. The molecule has 0 aromatic rings. The molecule has 1 nitrogen and oxygen atoms in total. The molecule has 0 saturated heterocycles. The molecule has 0 radical (unpaired) electrons. The van der Waals surface area contributed by atoms with Crippen molar-refractivity contribution in [3.05, 3.63) is 0 Å². The monoisotopic (exact) mass is 481 g/mol. The quantitative estimate of drug-likeness (QED) is 0.0896. The average molecular weight is 481 g/mol. The molecule has 0 saturated carbocycles. The van der Waals surface area contributed by atoms with Crippen molar-refractivity contribution >= 4 is 0 Å². The van der Waals surface area contributed by atoms with Crippen LogP contribution in [0.1, 0.15) is 200 Å². The summed E-state index contributed by atoms with van der Waals surface area (Å²) in [4.78, 5) is 0. The fourth-order valence-corrected chi connectivity index (χ4v) is 5.08. The molecule has 0 amide bonds. The molecule has 0 aliphatic rings. The summed E-state index contributed by atoms with van der Waals surface area (Å²) in [6, 6.07) is 0. The fraction of sp³-hybridized carbons (Fsp3) is 1.00. The number of unbranched alkanes of at least 4 members (excludes halogenated alkanes) is 27. The van der Waals surface area contributed by atoms with Crippen molar-refractivity contribution < 1.29 is 4.74 Å². The third kappa shape index (κ3) is 32.0. The minimum atomic E-state index is 0.997. The molecule has 0 aromatic carbocycles. The van der Waals surface area contributed by atoms with Crippen LogP contribution in [0.3, 0.4) is 0 Å². The Bertz CT molecular complexity index is 295. The van der Waals surface area contributed by atoms with E-state index in [9.17, 15) is 0 Å². The maximum atomic E-state index is 5.85. The lowest BCUT2D eigenvalue weighted by atomic mass is 10.0. The third-order valence-electron chi connectivity index (χ3n) is 7.53. The molecular weight excluding hydrogens is 412 g/mol. The summed E-state index contributed by atoms with van der Waals surface area (Å²) < 4.78 is 5.85. The highest BCUT2D eigenvalue weighted by Gasteiger charge is 1.96. The van der Waals surface area contributed by atoms with Gasteiger partial charge in [0.25, 0.3) is 0 Å². The predicted molar refractivity (Wildman–Crippen MR) is 156 cm³/mol. The Morgan fingerprint density at radius 2 is 0.412 bits per heavy atom. The van der Waals surface area contributed by atoms with Crippen LogP contribution in [0.2, 0.25) is 0 Å². The predicted octanol–water partition coefficient (Wildman–Crippen LogP) is 12.4. The lowest BCUT2D eigenvalue weighted by Crippen LogP contribution is -1.97. The van der Waals surface area contributed by atoms with E-state index in [0.29, 0.717) is 0 Å². The smallest absolute Gasteiger partial charge is 0.0466 e. The third-order valence-corrected chi connectivity index (χ3v) is 7.53. The Morgan fingerprint density at radius 1 is 0.235 bits per heavy atom. The molecule has 0 heterocycles. The first-order valence-corrected chi connectivity index (χ1v) is 16.5. The van der Waals surface area contributed by atoms with Crippen molar-refractivity contribution in [1.82, 2.24) is 0 Å². The second-order valence-corrected chi connectivity index (χ2v) is 11.2. The van der Waals surface area contributed by atoms with Gasteiger partial charge in [-0.2, -0.15) is 0 Å². The van der Waals surface area contributed by atoms with E-state index in [4.69, 9.17) is 4.74 Å². The fourth-order valence-electron chi connectivity index (χ4n) is 5.08. The van der Waals surface area contributed by atoms with Gasteiger partial charge in [-0.05, 0) is 12.8 Å². The summed E-state index contributed by atoms with van der Waals surface area (Å²) in [5.41, 5.74) is 0. The standard InChI is InChI=1S/C33H68O/c1-3-5-7-9-11-13-15-17-19-21-23-25-27-29-31-33-34-32-30-28-26-24-22-20-18-16-14-12-10-8-6-4-2/h3-33H2,1-2H3. The summed E-state index contributed by atoms with van der Waals surface area (Å²) >= 11 is 0. The van der Waals surface area contributed by atoms with Crippen LogP contribution in [0.15, 0.2) is 0 Å². The van der Waals surface area contributed by atoms with Crippen molar-refractivity contribution in [2.75, 3.05) is 13.2 Å². The molecule has 0 atom stereocenters. The van der Waals surface area contributed by atoms with Gasteiger partial charge in [0.05, 0.1) is 0 Å². The molecule has 0 aliphatic carbocycles. The van der Waals surface area contributed by atoms with Crippen molar-refractivity contribution in [3.8, 4) is 0 Å². The SMILES string of the molecule is CCCCCCCCCCCCCCCCCOCCCCCCCCCCCCCCCC. The molecule has 0 bridgehead atoms. The topological polar surface area (TPSA) is 9.23 Å². The summed E-state index contributed by atoms with van der Waals surface area (Å²) in [6.45, 7) is 6.60. The summed E-state index contributed by atoms with van der Waals surface area (Å²) in [7, 11) is 0. The van der Waals surface area contributed by atoms with Gasteiger partial charge in [-0.3, -0.25) is 0 Å². The van der Waals surface area contributed by atoms with Gasteiger partial charge in [-0.25, -0.2) is 0 Å². The molecule has 0 aromatic heterocycles. The Balaban J connectivity index is 2.99. The molecule has 0 aliphatic heterocycles. The van der Waals surface area contributed by atoms with E-state index in [1.807, 2.05) is 0 Å². The largest absolute Gasteiger partial charge is 0.381 e. The number of rotatable bonds is 31. The highest BCUT2D eigenvalue weighted by atomic mass is 16.5. The minimum absolute atomic E-state index is 0.997. The second kappa shape index (κ2) is 33.0. The van der Waals surface area contributed by atoms with Crippen molar-refractivity contribution in [2.24, 2.45) is 0 Å². The van der Waals surface area contributed by atoms with Gasteiger partial charge in [0, 0.05) is 13.2 Å².